The van der Waals surface area contributed by atoms with Gasteiger partial charge in [-0.15, -0.1) is 7.05 Å². The summed E-state index contributed by atoms with van der Waals surface area (Å²) in [5.41, 5.74) is 0. The molecule has 0 saturated carbocycles. The van der Waals surface area contributed by atoms with Crippen LogP contribution < -0.4 is 0 Å². The smallest absolute Gasteiger partial charge is 0.475 e. The van der Waals surface area contributed by atoms with Gasteiger partial charge in [0.1, 0.15) is 0 Å². The number of piperazine rings is 1. The summed E-state index contributed by atoms with van der Waals surface area (Å²) in [7, 11) is 5.82. The number of hydrogen-bond acceptors (Lipinski definition) is 3. The first-order valence-electron chi connectivity index (χ1n) is 7.85. The fourth-order valence-electron chi connectivity index (χ4n) is 1.57. The molecular formula is C17H38N4V. The summed E-state index contributed by atoms with van der Waals surface area (Å²) < 4.78 is 1.72. The molecule has 2 heterocycles. The zero-order valence-corrected chi connectivity index (χ0v) is 17.5. The van der Waals surface area contributed by atoms with Gasteiger partial charge in [-0.25, -0.2) is 0 Å². The first kappa shape index (κ1) is 29.6. The van der Waals surface area contributed by atoms with Gasteiger partial charge >= 0.3 is 18.6 Å². The Bertz CT molecular complexity index is 278. The maximum atomic E-state index is 3.92. The van der Waals surface area contributed by atoms with Crippen molar-refractivity contribution in [3.05, 3.63) is 32.7 Å². The van der Waals surface area contributed by atoms with Crippen molar-refractivity contribution in [2.45, 2.75) is 41.5 Å². The van der Waals surface area contributed by atoms with Gasteiger partial charge in [-0.1, -0.05) is 47.7 Å². The van der Waals surface area contributed by atoms with Crippen LogP contribution in [0, 0.1) is 21.4 Å². The van der Waals surface area contributed by atoms with Gasteiger partial charge in [0.05, 0.1) is 0 Å². The summed E-state index contributed by atoms with van der Waals surface area (Å²) >= 11 is 0. The fraction of sp³-hybridized carbons (Fsp3) is 0.706. The van der Waals surface area contributed by atoms with Crippen molar-refractivity contribution in [3.63, 3.8) is 0 Å². The zero-order valence-electron chi connectivity index (χ0n) is 16.1. The van der Waals surface area contributed by atoms with Gasteiger partial charge in [-0.3, -0.25) is 0 Å². The van der Waals surface area contributed by atoms with E-state index in [0.717, 1.165) is 5.82 Å². The molecule has 0 aliphatic carbocycles. The minimum Gasteiger partial charge on any atom is -0.475 e. The predicted molar refractivity (Wildman–Crippen MR) is 96.4 cm³/mol. The Kier molecular flexibility index (Phi) is 27.7. The maximum Gasteiger partial charge on any atom is 2.00 e. The Balaban J connectivity index is -0.000000113. The molecule has 0 N–H and O–H groups in total. The second-order valence-electron chi connectivity index (χ2n) is 4.18. The fourth-order valence-corrected chi connectivity index (χ4v) is 1.57. The second-order valence-corrected chi connectivity index (χ2v) is 4.18. The average Bonchev–Trinajstić information content (AvgIpc) is 2.88. The summed E-state index contributed by atoms with van der Waals surface area (Å²) in [5.74, 6) is 0.944. The zero-order chi connectivity index (χ0) is 16.0. The third-order valence-electron chi connectivity index (χ3n) is 2.97. The standard InChI is InChI=1S/C7H16N2.C5H7N2.2C2H6.CH3.V/c1-3-9-6-4-8(2)5-7-9;1-5-6-3-4-7(5)2;2*1-2;;/h3-7H2,1-2H3;3-4H,2H2,1H3;2*1-2H3;1H3;/q;-1;;;-1;+2. The molecule has 1 saturated heterocycles. The number of aryl methyl sites for hydroxylation is 1. The molecular weight excluding hydrogens is 311 g/mol. The van der Waals surface area contributed by atoms with E-state index in [9.17, 15) is 0 Å². The molecule has 1 aliphatic rings. The van der Waals surface area contributed by atoms with Gasteiger partial charge in [0.25, 0.3) is 0 Å². The molecule has 1 aromatic rings. The SMILES string of the molecule is CC.CC.CCN1CCN(C)CC1.[CH2-]n1ccnc1C.[CH3-].[V+2]. The van der Waals surface area contributed by atoms with Crippen LogP contribution in [-0.4, -0.2) is 59.1 Å². The molecule has 1 aromatic heterocycles. The van der Waals surface area contributed by atoms with Crippen LogP contribution in [0.4, 0.5) is 0 Å². The Morgan fingerprint density at radius 2 is 1.55 bits per heavy atom. The summed E-state index contributed by atoms with van der Waals surface area (Å²) in [5, 5.41) is 0. The number of likely N-dealkylation sites (N-methyl/N-ethyl adjacent to an activating group) is 2. The molecule has 22 heavy (non-hydrogen) atoms. The van der Waals surface area contributed by atoms with E-state index in [4.69, 9.17) is 0 Å². The van der Waals surface area contributed by atoms with Gasteiger partial charge in [0.2, 0.25) is 0 Å². The number of aromatic nitrogens is 2. The molecule has 1 fully saturated rings. The second kappa shape index (κ2) is 20.6. The summed E-state index contributed by atoms with van der Waals surface area (Å²) in [4.78, 5) is 8.78. The maximum absolute atomic E-state index is 3.92. The molecule has 0 unspecified atom stereocenters. The van der Waals surface area contributed by atoms with E-state index in [1.807, 2.05) is 40.8 Å². The topological polar surface area (TPSA) is 24.3 Å². The van der Waals surface area contributed by atoms with Gasteiger partial charge in [0, 0.05) is 26.2 Å². The van der Waals surface area contributed by atoms with E-state index < -0.39 is 0 Å². The number of rotatable bonds is 1. The van der Waals surface area contributed by atoms with Crippen molar-refractivity contribution in [1.82, 2.24) is 19.4 Å². The van der Waals surface area contributed by atoms with E-state index in [2.05, 4.69) is 35.8 Å². The van der Waals surface area contributed by atoms with E-state index >= 15 is 0 Å². The van der Waals surface area contributed by atoms with E-state index in [0.29, 0.717) is 0 Å². The Labute approximate surface area is 152 Å². The van der Waals surface area contributed by atoms with Crippen molar-refractivity contribution in [1.29, 1.82) is 0 Å². The minimum absolute atomic E-state index is 0. The largest absolute Gasteiger partial charge is 2.00 e. The van der Waals surface area contributed by atoms with Crippen molar-refractivity contribution < 1.29 is 18.6 Å². The normalized spacial score (nSPS) is 13.6. The monoisotopic (exact) mass is 349 g/mol. The Hall–Kier alpha value is -0.416. The molecule has 0 atom stereocenters. The quantitative estimate of drug-likeness (QED) is 0.724. The average molecular weight is 349 g/mol. The van der Waals surface area contributed by atoms with Gasteiger partial charge in [0.15, 0.2) is 0 Å². The molecule has 1 radical (unpaired) electrons. The molecule has 131 valence electrons. The molecule has 4 nitrogen and oxygen atoms in total. The third-order valence-corrected chi connectivity index (χ3v) is 2.97. The van der Waals surface area contributed by atoms with Crippen LogP contribution in [0.2, 0.25) is 0 Å². The van der Waals surface area contributed by atoms with Crippen LogP contribution in [0.25, 0.3) is 0 Å². The first-order valence-corrected chi connectivity index (χ1v) is 7.85. The molecule has 0 aromatic carbocycles. The Morgan fingerprint density at radius 3 is 1.77 bits per heavy atom. The van der Waals surface area contributed by atoms with Gasteiger partial charge in [-0.05, 0) is 25.6 Å². The molecule has 0 amide bonds. The van der Waals surface area contributed by atoms with Crippen LogP contribution in [0.5, 0.6) is 0 Å². The number of nitrogens with zero attached hydrogens (tertiary/aromatic N) is 4. The van der Waals surface area contributed by atoms with Crippen molar-refractivity contribution >= 4 is 0 Å². The third kappa shape index (κ3) is 14.5. The molecule has 2 rings (SSSR count). The number of imidazole rings is 1. The summed E-state index contributed by atoms with van der Waals surface area (Å²) in [6, 6.07) is 0. The molecule has 0 spiro atoms. The predicted octanol–water partition coefficient (Wildman–Crippen LogP) is 3.59. The van der Waals surface area contributed by atoms with E-state index in [-0.39, 0.29) is 26.0 Å². The van der Waals surface area contributed by atoms with Gasteiger partial charge in [-0.2, -0.15) is 0 Å². The van der Waals surface area contributed by atoms with Gasteiger partial charge < -0.3 is 26.8 Å². The summed E-state index contributed by atoms with van der Waals surface area (Å²) in [6.45, 7) is 18.4. The van der Waals surface area contributed by atoms with Crippen LogP contribution >= 0.6 is 0 Å². The van der Waals surface area contributed by atoms with E-state index in [1.165, 1.54) is 32.7 Å². The van der Waals surface area contributed by atoms with Crippen LogP contribution in [0.1, 0.15) is 40.4 Å². The summed E-state index contributed by atoms with van der Waals surface area (Å²) in [6.07, 6.45) is 3.54. The Morgan fingerprint density at radius 1 is 1.09 bits per heavy atom. The van der Waals surface area contributed by atoms with E-state index in [1.54, 1.807) is 10.8 Å². The molecule has 5 heteroatoms. The molecule has 0 bridgehead atoms. The van der Waals surface area contributed by atoms with Crippen molar-refractivity contribution in [3.8, 4) is 0 Å². The number of hydrogen-bond donors (Lipinski definition) is 0. The van der Waals surface area contributed by atoms with Crippen LogP contribution in [0.3, 0.4) is 0 Å². The minimum atomic E-state index is 0. The van der Waals surface area contributed by atoms with Crippen LogP contribution in [-0.2, 0) is 18.6 Å². The molecule has 1 aliphatic heterocycles. The van der Waals surface area contributed by atoms with Crippen LogP contribution in [0.15, 0.2) is 12.4 Å². The van der Waals surface area contributed by atoms with Crippen molar-refractivity contribution in [2.24, 2.45) is 0 Å². The first-order chi connectivity index (χ1) is 9.63. The van der Waals surface area contributed by atoms with Crippen molar-refractivity contribution in [2.75, 3.05) is 39.8 Å².